The number of aromatic amines is 1. The van der Waals surface area contributed by atoms with Crippen molar-refractivity contribution in [3.05, 3.63) is 102 Å². The van der Waals surface area contributed by atoms with Crippen molar-refractivity contribution in [2.75, 3.05) is 13.7 Å². The van der Waals surface area contributed by atoms with E-state index in [2.05, 4.69) is 33.2 Å². The third-order valence-corrected chi connectivity index (χ3v) is 5.88. The quantitative estimate of drug-likeness (QED) is 0.372. The molecule has 6 nitrogen and oxygen atoms in total. The largest absolute Gasteiger partial charge is 0.383 e. The number of amides is 1. The van der Waals surface area contributed by atoms with Crippen LogP contribution in [0, 0.1) is 0 Å². The van der Waals surface area contributed by atoms with Gasteiger partial charge >= 0.3 is 0 Å². The Bertz CT molecular complexity index is 1350. The van der Waals surface area contributed by atoms with E-state index < -0.39 is 0 Å². The van der Waals surface area contributed by atoms with E-state index in [1.807, 2.05) is 66.7 Å². The molecular formula is C27H26N4O2. The van der Waals surface area contributed by atoms with Crippen molar-refractivity contribution in [3.8, 4) is 0 Å². The fourth-order valence-electron chi connectivity index (χ4n) is 4.29. The van der Waals surface area contributed by atoms with Crippen LogP contribution < -0.4 is 5.32 Å². The van der Waals surface area contributed by atoms with Gasteiger partial charge in [-0.3, -0.25) is 4.79 Å². The van der Waals surface area contributed by atoms with Crippen molar-refractivity contribution >= 4 is 27.8 Å². The maximum absolute atomic E-state index is 13.3. The van der Waals surface area contributed by atoms with Gasteiger partial charge in [-0.05, 0) is 29.3 Å². The number of carbonyl (C=O) groups excluding carboxylic acids is 1. The molecule has 1 atom stereocenters. The molecule has 0 aliphatic heterocycles. The number of rotatable bonds is 8. The van der Waals surface area contributed by atoms with Crippen LogP contribution in [0.25, 0.3) is 21.9 Å². The molecule has 2 aromatic heterocycles. The number of nitrogens with zero attached hydrogens (tertiary/aromatic N) is 2. The molecule has 0 aliphatic rings. The van der Waals surface area contributed by atoms with E-state index in [-0.39, 0.29) is 18.4 Å². The molecule has 0 spiro atoms. The fraction of sp³-hybridized carbons (Fsp3) is 0.185. The van der Waals surface area contributed by atoms with Crippen molar-refractivity contribution < 1.29 is 9.53 Å². The fourth-order valence-corrected chi connectivity index (χ4v) is 4.29. The molecule has 0 unspecified atom stereocenters. The Morgan fingerprint density at radius 3 is 2.61 bits per heavy atom. The number of ether oxygens (including phenoxy) is 1. The zero-order valence-corrected chi connectivity index (χ0v) is 18.5. The summed E-state index contributed by atoms with van der Waals surface area (Å²) >= 11 is 0. The summed E-state index contributed by atoms with van der Waals surface area (Å²) in [5.74, 6) is 0.664. The smallest absolute Gasteiger partial charge is 0.225 e. The average Bonchev–Trinajstić information content (AvgIpc) is 3.43. The number of hydrogen-bond donors (Lipinski definition) is 2. The molecule has 6 heteroatoms. The summed E-state index contributed by atoms with van der Waals surface area (Å²) in [6.45, 7) is 1.36. The Labute approximate surface area is 192 Å². The van der Waals surface area contributed by atoms with Crippen LogP contribution in [0.1, 0.15) is 23.0 Å². The van der Waals surface area contributed by atoms with E-state index in [0.717, 1.165) is 45.4 Å². The molecular weight excluding hydrogens is 412 g/mol. The van der Waals surface area contributed by atoms with Crippen LogP contribution in [0.5, 0.6) is 0 Å². The molecule has 0 saturated heterocycles. The Morgan fingerprint density at radius 2 is 1.79 bits per heavy atom. The van der Waals surface area contributed by atoms with E-state index in [4.69, 9.17) is 9.72 Å². The van der Waals surface area contributed by atoms with Gasteiger partial charge in [0.15, 0.2) is 0 Å². The number of H-pyrrole nitrogens is 1. The maximum Gasteiger partial charge on any atom is 0.225 e. The van der Waals surface area contributed by atoms with E-state index >= 15 is 0 Å². The van der Waals surface area contributed by atoms with Gasteiger partial charge in [0, 0.05) is 30.8 Å². The Morgan fingerprint density at radius 1 is 1.03 bits per heavy atom. The Kier molecular flexibility index (Phi) is 5.91. The first-order valence-corrected chi connectivity index (χ1v) is 11.1. The van der Waals surface area contributed by atoms with Crippen LogP contribution >= 0.6 is 0 Å². The minimum absolute atomic E-state index is 0.0565. The molecule has 0 aliphatic carbocycles. The van der Waals surface area contributed by atoms with Crippen LogP contribution in [0.15, 0.2) is 85.1 Å². The van der Waals surface area contributed by atoms with Crippen molar-refractivity contribution in [1.29, 1.82) is 0 Å². The number of nitrogens with one attached hydrogen (secondary N) is 2. The predicted molar refractivity (Wildman–Crippen MR) is 130 cm³/mol. The Balaban J connectivity index is 1.44. The van der Waals surface area contributed by atoms with Crippen LogP contribution in [-0.4, -0.2) is 34.2 Å². The zero-order chi connectivity index (χ0) is 22.6. The van der Waals surface area contributed by atoms with Gasteiger partial charge in [-0.1, -0.05) is 60.7 Å². The standard InChI is InChI=1S/C27H26N4O2/c1-33-16-15-31-18-20(21-11-5-8-14-24(21)31)17-25(32)30-26(19-9-3-2-4-10-19)27-28-22-12-6-7-13-23(22)29-27/h2-14,18,26H,15-17H2,1H3,(H,28,29)(H,30,32)/t26-/m1/s1. The van der Waals surface area contributed by atoms with Crippen molar-refractivity contribution in [1.82, 2.24) is 19.9 Å². The first-order chi connectivity index (χ1) is 16.2. The lowest BCUT2D eigenvalue weighted by Crippen LogP contribution is -2.31. The van der Waals surface area contributed by atoms with Gasteiger partial charge in [0.2, 0.25) is 5.91 Å². The summed E-state index contributed by atoms with van der Waals surface area (Å²) < 4.78 is 7.40. The average molecular weight is 439 g/mol. The lowest BCUT2D eigenvalue weighted by atomic mass is 10.1. The van der Waals surface area contributed by atoms with Crippen molar-refractivity contribution in [2.24, 2.45) is 0 Å². The second-order valence-electron chi connectivity index (χ2n) is 8.08. The number of methoxy groups -OCH3 is 1. The van der Waals surface area contributed by atoms with Gasteiger partial charge in [0.1, 0.15) is 11.9 Å². The highest BCUT2D eigenvalue weighted by Crippen LogP contribution is 2.25. The van der Waals surface area contributed by atoms with Gasteiger partial charge in [0.25, 0.3) is 0 Å². The lowest BCUT2D eigenvalue weighted by Gasteiger charge is -2.17. The minimum atomic E-state index is -0.368. The lowest BCUT2D eigenvalue weighted by molar-refractivity contribution is -0.121. The number of fused-ring (bicyclic) bond motifs is 2. The predicted octanol–water partition coefficient (Wildman–Crippen LogP) is 4.61. The maximum atomic E-state index is 13.3. The summed E-state index contributed by atoms with van der Waals surface area (Å²) in [7, 11) is 1.70. The number of para-hydroxylation sites is 3. The molecule has 1 amide bonds. The molecule has 0 saturated carbocycles. The molecule has 0 radical (unpaired) electrons. The second-order valence-corrected chi connectivity index (χ2v) is 8.08. The van der Waals surface area contributed by atoms with Crippen molar-refractivity contribution in [3.63, 3.8) is 0 Å². The molecule has 166 valence electrons. The topological polar surface area (TPSA) is 71.9 Å². The molecule has 5 aromatic rings. The van der Waals surface area contributed by atoms with Gasteiger partial charge in [-0.25, -0.2) is 4.98 Å². The van der Waals surface area contributed by atoms with Crippen LogP contribution in [0.3, 0.4) is 0 Å². The van der Waals surface area contributed by atoms with E-state index in [1.54, 1.807) is 7.11 Å². The third kappa shape index (κ3) is 4.38. The summed E-state index contributed by atoms with van der Waals surface area (Å²) in [4.78, 5) is 21.4. The van der Waals surface area contributed by atoms with Crippen molar-refractivity contribution in [2.45, 2.75) is 19.0 Å². The van der Waals surface area contributed by atoms with E-state index in [0.29, 0.717) is 6.61 Å². The first-order valence-electron chi connectivity index (χ1n) is 11.1. The number of hydrogen-bond acceptors (Lipinski definition) is 3. The van der Waals surface area contributed by atoms with E-state index in [9.17, 15) is 4.79 Å². The number of aromatic nitrogens is 3. The molecule has 0 bridgehead atoms. The molecule has 5 rings (SSSR count). The number of benzene rings is 3. The highest BCUT2D eigenvalue weighted by molar-refractivity contribution is 5.89. The zero-order valence-electron chi connectivity index (χ0n) is 18.5. The molecule has 2 heterocycles. The van der Waals surface area contributed by atoms with Gasteiger partial charge in [-0.2, -0.15) is 0 Å². The number of carbonyl (C=O) groups is 1. The monoisotopic (exact) mass is 438 g/mol. The molecule has 0 fully saturated rings. The summed E-state index contributed by atoms with van der Waals surface area (Å²) in [5.41, 5.74) is 4.91. The van der Waals surface area contributed by atoms with Gasteiger partial charge < -0.3 is 19.6 Å². The minimum Gasteiger partial charge on any atom is -0.383 e. The summed E-state index contributed by atoms with van der Waals surface area (Å²) in [6.07, 6.45) is 2.34. The normalized spacial score (nSPS) is 12.3. The van der Waals surface area contributed by atoms with Gasteiger partial charge in [0.05, 0.1) is 24.1 Å². The highest BCUT2D eigenvalue weighted by Gasteiger charge is 2.21. The third-order valence-electron chi connectivity index (χ3n) is 5.88. The highest BCUT2D eigenvalue weighted by atomic mass is 16.5. The van der Waals surface area contributed by atoms with Crippen LogP contribution in [0.2, 0.25) is 0 Å². The SMILES string of the molecule is COCCn1cc(CC(=O)N[C@H](c2ccccc2)c2nc3ccccc3[nH]2)c2ccccc21. The second kappa shape index (κ2) is 9.30. The molecule has 33 heavy (non-hydrogen) atoms. The Hall–Kier alpha value is -3.90. The van der Waals surface area contributed by atoms with E-state index in [1.165, 1.54) is 0 Å². The molecule has 2 N–H and O–H groups in total. The molecule has 3 aromatic carbocycles. The van der Waals surface area contributed by atoms with Crippen LogP contribution in [-0.2, 0) is 22.5 Å². The summed E-state index contributed by atoms with van der Waals surface area (Å²) in [6, 6.07) is 25.6. The first kappa shape index (κ1) is 21.0. The van der Waals surface area contributed by atoms with Crippen LogP contribution in [0.4, 0.5) is 0 Å². The van der Waals surface area contributed by atoms with Gasteiger partial charge in [-0.15, -0.1) is 0 Å². The summed E-state index contributed by atoms with van der Waals surface area (Å²) in [5, 5.41) is 4.30. The number of imidazole rings is 1.